The molecule has 2 rings (SSSR count). The molecule has 0 unspecified atom stereocenters. The molecule has 2 aromatic rings. The molecule has 0 aromatic heterocycles. The molecule has 0 aliphatic rings. The van der Waals surface area contributed by atoms with Crippen LogP contribution < -0.4 is 14.6 Å². The maximum atomic E-state index is 11.2. The predicted molar refractivity (Wildman–Crippen MR) is 86.3 cm³/mol. The number of hydrogen-bond acceptors (Lipinski definition) is 4. The van der Waals surface area contributed by atoms with Crippen LogP contribution in [-0.4, -0.2) is 15.5 Å². The molecule has 2 N–H and O–H groups in total. The standard InChI is InChI=1S/C13H11Br2NO4S/c1-19-12-6-11(15)13(7-10(12)14)20-8-2-4-9(5-3-8)21(16,17)18/h2-7H,1H3,(H2,16,17,18). The molecule has 0 heterocycles. The van der Waals surface area contributed by atoms with E-state index in [4.69, 9.17) is 14.6 Å². The lowest BCUT2D eigenvalue weighted by molar-refractivity contribution is 0.409. The molecular weight excluding hydrogens is 426 g/mol. The van der Waals surface area contributed by atoms with Crippen molar-refractivity contribution in [3.8, 4) is 17.2 Å². The van der Waals surface area contributed by atoms with Gasteiger partial charge in [-0.1, -0.05) is 0 Å². The first-order valence-electron chi connectivity index (χ1n) is 5.65. The zero-order chi connectivity index (χ0) is 15.6. The van der Waals surface area contributed by atoms with Gasteiger partial charge in [-0.05, 0) is 68.3 Å². The van der Waals surface area contributed by atoms with Gasteiger partial charge in [-0.15, -0.1) is 0 Å². The molecule has 0 fully saturated rings. The lowest BCUT2D eigenvalue weighted by atomic mass is 10.3. The van der Waals surface area contributed by atoms with Crippen LogP contribution in [0.15, 0.2) is 50.2 Å². The fourth-order valence-corrected chi connectivity index (χ4v) is 2.97. The summed E-state index contributed by atoms with van der Waals surface area (Å²) in [4.78, 5) is 0.0322. The molecule has 2 aromatic carbocycles. The van der Waals surface area contributed by atoms with Crippen LogP contribution in [0.3, 0.4) is 0 Å². The normalized spacial score (nSPS) is 11.2. The van der Waals surface area contributed by atoms with Crippen molar-refractivity contribution in [3.05, 3.63) is 45.3 Å². The molecular formula is C13H11Br2NO4S. The zero-order valence-electron chi connectivity index (χ0n) is 10.8. The van der Waals surface area contributed by atoms with Gasteiger partial charge in [0.05, 0.1) is 21.0 Å². The van der Waals surface area contributed by atoms with Crippen molar-refractivity contribution in [3.63, 3.8) is 0 Å². The van der Waals surface area contributed by atoms with E-state index in [1.165, 1.54) is 24.3 Å². The Bertz CT molecular complexity index is 760. The fourth-order valence-electron chi connectivity index (χ4n) is 1.57. The minimum Gasteiger partial charge on any atom is -0.496 e. The molecule has 0 saturated heterocycles. The van der Waals surface area contributed by atoms with Crippen LogP contribution in [-0.2, 0) is 10.0 Å². The molecule has 5 nitrogen and oxygen atoms in total. The van der Waals surface area contributed by atoms with Crippen molar-refractivity contribution in [2.45, 2.75) is 4.90 Å². The SMILES string of the molecule is COc1cc(Br)c(Oc2ccc(S(N)(=O)=O)cc2)cc1Br. The van der Waals surface area contributed by atoms with Gasteiger partial charge in [-0.25, -0.2) is 13.6 Å². The molecule has 112 valence electrons. The Kier molecular flexibility index (Phi) is 4.92. The van der Waals surface area contributed by atoms with Crippen molar-refractivity contribution in [1.29, 1.82) is 0 Å². The van der Waals surface area contributed by atoms with Crippen LogP contribution in [0.4, 0.5) is 0 Å². The number of halogens is 2. The Balaban J connectivity index is 2.28. The van der Waals surface area contributed by atoms with Gasteiger partial charge in [-0.3, -0.25) is 0 Å². The molecule has 0 aliphatic heterocycles. The second-order valence-corrected chi connectivity index (χ2v) is 7.31. The molecule has 8 heteroatoms. The van der Waals surface area contributed by atoms with E-state index in [-0.39, 0.29) is 4.90 Å². The lowest BCUT2D eigenvalue weighted by Gasteiger charge is -2.11. The molecule has 0 bridgehead atoms. The average Bonchev–Trinajstić information content (AvgIpc) is 2.42. The van der Waals surface area contributed by atoms with Crippen molar-refractivity contribution < 1.29 is 17.9 Å². The first-order valence-corrected chi connectivity index (χ1v) is 8.78. The van der Waals surface area contributed by atoms with E-state index >= 15 is 0 Å². The van der Waals surface area contributed by atoms with Crippen molar-refractivity contribution >= 4 is 41.9 Å². The van der Waals surface area contributed by atoms with E-state index in [0.29, 0.717) is 21.7 Å². The summed E-state index contributed by atoms with van der Waals surface area (Å²) in [6, 6.07) is 9.34. The number of hydrogen-bond donors (Lipinski definition) is 1. The summed E-state index contributed by atoms with van der Waals surface area (Å²) < 4.78 is 34.7. The number of primary sulfonamides is 1. The van der Waals surface area contributed by atoms with Crippen molar-refractivity contribution in [2.75, 3.05) is 7.11 Å². The first-order chi connectivity index (χ1) is 9.81. The number of sulfonamides is 1. The Morgan fingerprint density at radius 3 is 2.05 bits per heavy atom. The first kappa shape index (κ1) is 16.3. The lowest BCUT2D eigenvalue weighted by Crippen LogP contribution is -2.11. The molecule has 21 heavy (non-hydrogen) atoms. The predicted octanol–water partition coefficient (Wildman–Crippen LogP) is 3.66. The fraction of sp³-hybridized carbons (Fsp3) is 0.0769. The van der Waals surface area contributed by atoms with Crippen LogP contribution in [0.25, 0.3) is 0 Å². The second-order valence-electron chi connectivity index (χ2n) is 4.04. The Hall–Kier alpha value is -1.09. The average molecular weight is 437 g/mol. The number of nitrogens with two attached hydrogens (primary N) is 1. The summed E-state index contributed by atoms with van der Waals surface area (Å²) in [6.45, 7) is 0. The third-order valence-electron chi connectivity index (χ3n) is 2.59. The van der Waals surface area contributed by atoms with E-state index in [1.807, 2.05) is 0 Å². The van der Waals surface area contributed by atoms with Gasteiger partial charge in [0.2, 0.25) is 10.0 Å². The number of methoxy groups -OCH3 is 1. The van der Waals surface area contributed by atoms with Gasteiger partial charge in [0.1, 0.15) is 17.2 Å². The smallest absolute Gasteiger partial charge is 0.238 e. The summed E-state index contributed by atoms with van der Waals surface area (Å²) >= 11 is 6.75. The van der Waals surface area contributed by atoms with E-state index in [9.17, 15) is 8.42 Å². The van der Waals surface area contributed by atoms with Gasteiger partial charge in [0.25, 0.3) is 0 Å². The van der Waals surface area contributed by atoms with Gasteiger partial charge in [0, 0.05) is 0 Å². The van der Waals surface area contributed by atoms with Crippen molar-refractivity contribution in [2.24, 2.45) is 5.14 Å². The van der Waals surface area contributed by atoms with Crippen LogP contribution >= 0.6 is 31.9 Å². The largest absolute Gasteiger partial charge is 0.496 e. The monoisotopic (exact) mass is 435 g/mol. The van der Waals surface area contributed by atoms with Crippen LogP contribution in [0.2, 0.25) is 0 Å². The van der Waals surface area contributed by atoms with Gasteiger partial charge in [-0.2, -0.15) is 0 Å². The quantitative estimate of drug-likeness (QED) is 0.793. The highest BCUT2D eigenvalue weighted by Crippen LogP contribution is 2.38. The van der Waals surface area contributed by atoms with Gasteiger partial charge < -0.3 is 9.47 Å². The summed E-state index contributed by atoms with van der Waals surface area (Å²) in [7, 11) is -2.14. The van der Waals surface area contributed by atoms with Crippen LogP contribution in [0.1, 0.15) is 0 Å². The highest BCUT2D eigenvalue weighted by molar-refractivity contribution is 9.11. The van der Waals surface area contributed by atoms with E-state index in [2.05, 4.69) is 31.9 Å². The molecule has 0 amide bonds. The molecule has 0 saturated carbocycles. The number of ether oxygens (including phenoxy) is 2. The molecule has 0 spiro atoms. The number of benzene rings is 2. The summed E-state index contributed by atoms with van der Waals surface area (Å²) in [6.07, 6.45) is 0. The van der Waals surface area contributed by atoms with E-state index in [0.717, 1.165) is 4.47 Å². The summed E-state index contributed by atoms with van der Waals surface area (Å²) in [5, 5.41) is 5.04. The van der Waals surface area contributed by atoms with Gasteiger partial charge in [0.15, 0.2) is 0 Å². The third-order valence-corrected chi connectivity index (χ3v) is 4.76. The maximum Gasteiger partial charge on any atom is 0.238 e. The molecule has 0 aliphatic carbocycles. The van der Waals surface area contributed by atoms with Crippen LogP contribution in [0.5, 0.6) is 17.2 Å². The summed E-state index contributed by atoms with van der Waals surface area (Å²) in [5.41, 5.74) is 0. The minimum absolute atomic E-state index is 0.0322. The Labute approximate surface area is 139 Å². The third kappa shape index (κ3) is 3.97. The minimum atomic E-state index is -3.71. The van der Waals surface area contributed by atoms with Gasteiger partial charge >= 0.3 is 0 Å². The second kappa shape index (κ2) is 6.35. The number of rotatable bonds is 4. The topological polar surface area (TPSA) is 78.6 Å². The van der Waals surface area contributed by atoms with E-state index < -0.39 is 10.0 Å². The molecule has 0 radical (unpaired) electrons. The maximum absolute atomic E-state index is 11.2. The highest BCUT2D eigenvalue weighted by atomic mass is 79.9. The van der Waals surface area contributed by atoms with Crippen LogP contribution in [0, 0.1) is 0 Å². The Morgan fingerprint density at radius 1 is 1.00 bits per heavy atom. The summed E-state index contributed by atoms with van der Waals surface area (Å²) in [5.74, 6) is 1.71. The van der Waals surface area contributed by atoms with E-state index in [1.54, 1.807) is 19.2 Å². The van der Waals surface area contributed by atoms with Crippen molar-refractivity contribution in [1.82, 2.24) is 0 Å². The highest BCUT2D eigenvalue weighted by Gasteiger charge is 2.11. The molecule has 0 atom stereocenters. The zero-order valence-corrected chi connectivity index (χ0v) is 14.8. The Morgan fingerprint density at radius 2 is 1.52 bits per heavy atom.